The first-order valence-corrected chi connectivity index (χ1v) is 7.03. The maximum absolute atomic E-state index is 11.7. The van der Waals surface area contributed by atoms with E-state index < -0.39 is 5.97 Å². The van der Waals surface area contributed by atoms with Crippen LogP contribution in [-0.2, 0) is 9.59 Å². The fraction of sp³-hybridized carbons (Fsp3) is 0.385. The van der Waals surface area contributed by atoms with Crippen LogP contribution in [0.1, 0.15) is 6.92 Å². The molecule has 1 atom stereocenters. The summed E-state index contributed by atoms with van der Waals surface area (Å²) in [7, 11) is 0. The van der Waals surface area contributed by atoms with Gasteiger partial charge in [-0.05, 0) is 19.1 Å². The largest absolute Gasteiger partial charge is 0.480 e. The number of rotatable bonds is 4. The van der Waals surface area contributed by atoms with Gasteiger partial charge in [-0.15, -0.1) is 11.8 Å². The Labute approximate surface area is 116 Å². The Bertz CT molecular complexity index is 493. The number of amides is 1. The quantitative estimate of drug-likeness (QED) is 0.867. The number of thioether (sulfide) groups is 1. The van der Waals surface area contributed by atoms with E-state index in [2.05, 4.69) is 12.2 Å². The number of hydrogen-bond donors (Lipinski definition) is 2. The summed E-state index contributed by atoms with van der Waals surface area (Å²) in [6.07, 6.45) is 0. The topological polar surface area (TPSA) is 69.6 Å². The summed E-state index contributed by atoms with van der Waals surface area (Å²) in [6, 6.07) is 8.19. The summed E-state index contributed by atoms with van der Waals surface area (Å²) in [5.41, 5.74) is 1.04. The van der Waals surface area contributed by atoms with E-state index in [1.807, 2.05) is 29.2 Å². The van der Waals surface area contributed by atoms with Crippen molar-refractivity contribution in [2.45, 2.75) is 17.9 Å². The number of nitrogens with one attached hydrogen (secondary N) is 1. The van der Waals surface area contributed by atoms with Crippen LogP contribution in [0.4, 0.5) is 5.69 Å². The van der Waals surface area contributed by atoms with E-state index in [9.17, 15) is 9.59 Å². The zero-order chi connectivity index (χ0) is 13.8. The van der Waals surface area contributed by atoms with Crippen molar-refractivity contribution in [1.29, 1.82) is 0 Å². The van der Waals surface area contributed by atoms with Crippen LogP contribution in [0.3, 0.4) is 0 Å². The highest BCUT2D eigenvalue weighted by Gasteiger charge is 2.24. The number of carboxylic acids is 1. The predicted octanol–water partition coefficient (Wildman–Crippen LogP) is 1.19. The van der Waals surface area contributed by atoms with Crippen molar-refractivity contribution in [3.8, 4) is 0 Å². The van der Waals surface area contributed by atoms with Crippen molar-refractivity contribution in [3.05, 3.63) is 24.3 Å². The summed E-state index contributed by atoms with van der Waals surface area (Å²) in [4.78, 5) is 25.4. The van der Waals surface area contributed by atoms with Gasteiger partial charge in [0.05, 0.1) is 12.2 Å². The lowest BCUT2D eigenvalue weighted by Gasteiger charge is -2.36. The average molecular weight is 280 g/mol. The molecule has 0 aromatic heterocycles. The van der Waals surface area contributed by atoms with Crippen molar-refractivity contribution in [1.82, 2.24) is 5.32 Å². The van der Waals surface area contributed by atoms with Crippen LogP contribution >= 0.6 is 11.8 Å². The van der Waals surface area contributed by atoms with Crippen molar-refractivity contribution in [2.75, 3.05) is 23.7 Å². The molecule has 0 fully saturated rings. The van der Waals surface area contributed by atoms with Crippen LogP contribution in [0.25, 0.3) is 0 Å². The molecule has 0 radical (unpaired) electrons. The molecule has 0 saturated heterocycles. The summed E-state index contributed by atoms with van der Waals surface area (Å²) in [5, 5.41) is 10.9. The van der Waals surface area contributed by atoms with Gasteiger partial charge in [0.15, 0.2) is 0 Å². The van der Waals surface area contributed by atoms with Crippen molar-refractivity contribution in [3.63, 3.8) is 0 Å². The van der Waals surface area contributed by atoms with Crippen LogP contribution in [0.15, 0.2) is 29.2 Å². The molecule has 1 heterocycles. The lowest BCUT2D eigenvalue weighted by molar-refractivity contribution is -0.137. The van der Waals surface area contributed by atoms with Gasteiger partial charge in [-0.1, -0.05) is 12.1 Å². The number of carbonyl (C=O) groups is 2. The van der Waals surface area contributed by atoms with E-state index in [0.717, 1.165) is 16.3 Å². The Hall–Kier alpha value is -1.69. The second-order valence-corrected chi connectivity index (χ2v) is 5.49. The van der Waals surface area contributed by atoms with Crippen molar-refractivity contribution >= 4 is 29.3 Å². The van der Waals surface area contributed by atoms with Crippen LogP contribution in [0.2, 0.25) is 0 Å². The lowest BCUT2D eigenvalue weighted by Crippen LogP contribution is -2.45. The summed E-state index contributed by atoms with van der Waals surface area (Å²) in [5.74, 6) is -0.379. The molecule has 2 N–H and O–H groups in total. The summed E-state index contributed by atoms with van der Waals surface area (Å²) < 4.78 is 0. The molecule has 5 nitrogen and oxygen atoms in total. The van der Waals surface area contributed by atoms with Crippen LogP contribution in [0, 0.1) is 0 Å². The summed E-state index contributed by atoms with van der Waals surface area (Å²) >= 11 is 1.78. The molecule has 1 aliphatic heterocycles. The Kier molecular flexibility index (Phi) is 4.31. The van der Waals surface area contributed by atoms with E-state index in [0.29, 0.717) is 0 Å². The van der Waals surface area contributed by atoms with Gasteiger partial charge < -0.3 is 15.3 Å². The number of carboxylic acid groups (broad SMARTS) is 1. The average Bonchev–Trinajstić information content (AvgIpc) is 2.40. The van der Waals surface area contributed by atoms with Gasteiger partial charge in [0, 0.05) is 16.7 Å². The molecule has 6 heteroatoms. The number of anilines is 1. The molecule has 0 saturated carbocycles. The van der Waals surface area contributed by atoms with Crippen molar-refractivity contribution < 1.29 is 14.7 Å². The minimum absolute atomic E-state index is 0.187. The maximum atomic E-state index is 11.7. The molecule has 19 heavy (non-hydrogen) atoms. The zero-order valence-corrected chi connectivity index (χ0v) is 11.4. The van der Waals surface area contributed by atoms with Gasteiger partial charge in [0.2, 0.25) is 5.91 Å². The number of carbonyl (C=O) groups excluding carboxylic acids is 1. The molecule has 102 valence electrons. The normalized spacial score (nSPS) is 17.7. The van der Waals surface area contributed by atoms with Gasteiger partial charge >= 0.3 is 5.97 Å². The number of benzene rings is 1. The number of aliphatic carboxylic acids is 1. The first-order valence-electron chi connectivity index (χ1n) is 6.05. The van der Waals surface area contributed by atoms with E-state index in [1.54, 1.807) is 11.8 Å². The number of fused-ring (bicyclic) bond motifs is 1. The number of hydrogen-bond acceptors (Lipinski definition) is 4. The molecule has 1 aromatic rings. The minimum Gasteiger partial charge on any atom is -0.480 e. The highest BCUT2D eigenvalue weighted by atomic mass is 32.2. The standard InChI is InChI=1S/C13H16N2O3S/c1-9-8-19-11-5-3-2-4-10(11)15(9)7-12(16)14-6-13(17)18/h2-5,9H,6-8H2,1H3,(H,14,16)(H,17,18). The molecular formula is C13H16N2O3S. The second-order valence-electron chi connectivity index (χ2n) is 4.43. The second kappa shape index (κ2) is 5.97. The number of nitrogens with zero attached hydrogens (tertiary/aromatic N) is 1. The van der Waals surface area contributed by atoms with Crippen molar-refractivity contribution in [2.24, 2.45) is 0 Å². The minimum atomic E-state index is -1.03. The molecule has 1 aliphatic rings. The van der Waals surface area contributed by atoms with Gasteiger partial charge in [-0.2, -0.15) is 0 Å². The third-order valence-corrected chi connectivity index (χ3v) is 4.24. The third kappa shape index (κ3) is 3.41. The van der Waals surface area contributed by atoms with Crippen LogP contribution < -0.4 is 10.2 Å². The van der Waals surface area contributed by atoms with E-state index in [-0.39, 0.29) is 25.0 Å². The molecule has 1 aromatic carbocycles. The van der Waals surface area contributed by atoms with E-state index >= 15 is 0 Å². The Morgan fingerprint density at radius 3 is 2.95 bits per heavy atom. The Morgan fingerprint density at radius 2 is 2.21 bits per heavy atom. The Balaban J connectivity index is 2.07. The van der Waals surface area contributed by atoms with Crippen LogP contribution in [-0.4, -0.2) is 41.9 Å². The molecule has 0 spiro atoms. The van der Waals surface area contributed by atoms with Gasteiger partial charge in [0.1, 0.15) is 6.54 Å². The van der Waals surface area contributed by atoms with E-state index in [4.69, 9.17) is 5.11 Å². The third-order valence-electron chi connectivity index (χ3n) is 2.94. The zero-order valence-electron chi connectivity index (χ0n) is 10.6. The summed E-state index contributed by atoms with van der Waals surface area (Å²) in [6.45, 7) is 1.91. The molecule has 1 unspecified atom stereocenters. The molecule has 0 bridgehead atoms. The monoisotopic (exact) mass is 280 g/mol. The molecule has 2 rings (SSSR count). The first-order chi connectivity index (χ1) is 9.08. The Morgan fingerprint density at radius 1 is 1.47 bits per heavy atom. The number of para-hydroxylation sites is 1. The van der Waals surface area contributed by atoms with E-state index in [1.165, 1.54) is 0 Å². The van der Waals surface area contributed by atoms with Gasteiger partial charge in [-0.3, -0.25) is 9.59 Å². The SMILES string of the molecule is CC1CSc2ccccc2N1CC(=O)NCC(=O)O. The molecule has 0 aliphatic carbocycles. The first kappa shape index (κ1) is 13.7. The van der Waals surface area contributed by atoms with Crippen LogP contribution in [0.5, 0.6) is 0 Å². The smallest absolute Gasteiger partial charge is 0.322 e. The molecular weight excluding hydrogens is 264 g/mol. The lowest BCUT2D eigenvalue weighted by atomic mass is 10.2. The fourth-order valence-electron chi connectivity index (χ4n) is 1.98. The molecule has 1 amide bonds. The van der Waals surface area contributed by atoms with Gasteiger partial charge in [-0.25, -0.2) is 0 Å². The van der Waals surface area contributed by atoms with Gasteiger partial charge in [0.25, 0.3) is 0 Å². The highest BCUT2D eigenvalue weighted by Crippen LogP contribution is 2.36. The fourth-order valence-corrected chi connectivity index (χ4v) is 3.09. The maximum Gasteiger partial charge on any atom is 0.322 e. The highest BCUT2D eigenvalue weighted by molar-refractivity contribution is 7.99. The predicted molar refractivity (Wildman–Crippen MR) is 74.6 cm³/mol.